The zero-order valence-electron chi connectivity index (χ0n) is 21.8. The van der Waals surface area contributed by atoms with Gasteiger partial charge in [0.25, 0.3) is 0 Å². The molecule has 0 spiro atoms. The Morgan fingerprint density at radius 2 is 1.87 bits per heavy atom. The monoisotopic (exact) mass is 528 g/mol. The Balaban J connectivity index is 1.24. The van der Waals surface area contributed by atoms with Crippen molar-refractivity contribution in [3.05, 3.63) is 89.9 Å². The van der Waals surface area contributed by atoms with E-state index in [1.54, 1.807) is 0 Å². The van der Waals surface area contributed by atoms with E-state index in [-0.39, 0.29) is 25.0 Å². The van der Waals surface area contributed by atoms with E-state index >= 15 is 0 Å². The number of nitrogens with zero attached hydrogens (tertiary/aromatic N) is 3. The molecule has 1 unspecified atom stereocenters. The molecule has 2 aromatic carbocycles. The number of amides is 1. The molecule has 6 rings (SSSR count). The number of pyridine rings is 1. The van der Waals surface area contributed by atoms with Crippen LogP contribution < -0.4 is 19.5 Å². The first-order chi connectivity index (χ1) is 19.2. The lowest BCUT2D eigenvalue weighted by Crippen LogP contribution is -2.41. The zero-order valence-corrected chi connectivity index (χ0v) is 21.8. The van der Waals surface area contributed by atoms with Crippen LogP contribution >= 0.6 is 0 Å². The van der Waals surface area contributed by atoms with Crippen molar-refractivity contribution in [2.75, 3.05) is 46.2 Å². The van der Waals surface area contributed by atoms with E-state index in [1.807, 2.05) is 77.5 Å². The van der Waals surface area contributed by atoms with Crippen LogP contribution in [0.3, 0.4) is 0 Å². The normalized spacial score (nSPS) is 15.8. The van der Waals surface area contributed by atoms with Crippen molar-refractivity contribution in [2.45, 2.75) is 18.9 Å². The molecule has 9 nitrogen and oxygen atoms in total. The third-order valence-corrected chi connectivity index (χ3v) is 7.17. The molecule has 0 aliphatic carbocycles. The van der Waals surface area contributed by atoms with E-state index in [2.05, 4.69) is 10.2 Å². The Morgan fingerprint density at radius 3 is 2.74 bits per heavy atom. The Bertz CT molecular complexity index is 1420. The van der Waals surface area contributed by atoms with Crippen LogP contribution in [0.15, 0.2) is 73.1 Å². The fraction of sp³-hybridized carbons (Fsp3) is 0.333. The smallest absolute Gasteiger partial charge is 0.231 e. The molecular weight excluding hydrogens is 496 g/mol. The molecule has 0 radical (unpaired) electrons. The molecule has 9 heteroatoms. The number of carbonyl (C=O) groups is 1. The molecule has 2 aromatic heterocycles. The third-order valence-electron chi connectivity index (χ3n) is 7.17. The highest BCUT2D eigenvalue weighted by atomic mass is 16.7. The number of aromatic nitrogens is 2. The first-order valence-electron chi connectivity index (χ1n) is 13.3. The third kappa shape index (κ3) is 5.84. The van der Waals surface area contributed by atoms with Crippen molar-refractivity contribution in [1.82, 2.24) is 19.6 Å². The molecule has 4 aromatic rings. The van der Waals surface area contributed by atoms with Gasteiger partial charge < -0.3 is 28.7 Å². The number of fused-ring (bicyclic) bond motifs is 2. The lowest BCUT2D eigenvalue weighted by Gasteiger charge is -2.26. The van der Waals surface area contributed by atoms with Crippen LogP contribution in [0.4, 0.5) is 0 Å². The molecule has 202 valence electrons. The maximum Gasteiger partial charge on any atom is 0.231 e. The Hall–Kier alpha value is -4.08. The van der Waals surface area contributed by atoms with E-state index < -0.39 is 0 Å². The highest BCUT2D eigenvalue weighted by Gasteiger charge is 2.25. The number of carbonyl (C=O) groups excluding carboxylic acids is 1. The van der Waals surface area contributed by atoms with Crippen molar-refractivity contribution in [1.29, 1.82) is 0 Å². The Labute approximate surface area is 227 Å². The highest BCUT2D eigenvalue weighted by Crippen LogP contribution is 2.38. The summed E-state index contributed by atoms with van der Waals surface area (Å²) in [6.45, 7) is 5.32. The number of imidazole rings is 1. The van der Waals surface area contributed by atoms with Crippen LogP contribution in [0.25, 0.3) is 5.65 Å². The van der Waals surface area contributed by atoms with E-state index in [0.29, 0.717) is 36.0 Å². The molecule has 4 heterocycles. The standard InChI is InChI=1S/C30H32N4O5/c35-29(31-10-12-33-13-15-36-16-14-33)18-24(23-8-9-26-28(17-23)39-21-38-26)25-19-32-30-27(7-4-11-34(25)30)37-20-22-5-2-1-3-6-22/h1-9,11,17,19,24H,10,12-16,18,20-21H2,(H,31,35). The summed E-state index contributed by atoms with van der Waals surface area (Å²) < 4.78 is 24.7. The minimum absolute atomic E-state index is 0.0163. The van der Waals surface area contributed by atoms with Gasteiger partial charge in [-0.2, -0.15) is 0 Å². The number of morpholine rings is 1. The van der Waals surface area contributed by atoms with Crippen LogP contribution in [0.5, 0.6) is 17.2 Å². The van der Waals surface area contributed by atoms with Crippen molar-refractivity contribution in [2.24, 2.45) is 0 Å². The number of benzene rings is 2. The average molecular weight is 529 g/mol. The van der Waals surface area contributed by atoms with Crippen LogP contribution in [0.1, 0.15) is 29.2 Å². The number of nitrogens with one attached hydrogen (secondary N) is 1. The molecule has 2 aliphatic heterocycles. The first kappa shape index (κ1) is 25.2. The Morgan fingerprint density at radius 1 is 1.03 bits per heavy atom. The number of ether oxygens (including phenoxy) is 4. The maximum absolute atomic E-state index is 13.2. The van der Waals surface area contributed by atoms with E-state index in [4.69, 9.17) is 23.9 Å². The lowest BCUT2D eigenvalue weighted by molar-refractivity contribution is -0.121. The van der Waals surface area contributed by atoms with Gasteiger partial charge in [0.15, 0.2) is 22.9 Å². The van der Waals surface area contributed by atoms with Crippen molar-refractivity contribution >= 4 is 11.6 Å². The van der Waals surface area contributed by atoms with Gasteiger partial charge in [-0.25, -0.2) is 4.98 Å². The fourth-order valence-corrected chi connectivity index (χ4v) is 5.07. The van der Waals surface area contributed by atoms with Crippen molar-refractivity contribution < 1.29 is 23.7 Å². The van der Waals surface area contributed by atoms with Crippen LogP contribution in [0.2, 0.25) is 0 Å². The van der Waals surface area contributed by atoms with E-state index in [0.717, 1.165) is 49.7 Å². The molecule has 1 N–H and O–H groups in total. The van der Waals surface area contributed by atoms with E-state index in [9.17, 15) is 4.79 Å². The van der Waals surface area contributed by atoms with Crippen LogP contribution in [-0.4, -0.2) is 66.4 Å². The summed E-state index contributed by atoms with van der Waals surface area (Å²) in [6.07, 6.45) is 4.07. The largest absolute Gasteiger partial charge is 0.485 e. The second-order valence-electron chi connectivity index (χ2n) is 9.70. The molecule has 1 atom stereocenters. The van der Waals surface area contributed by atoms with Gasteiger partial charge >= 0.3 is 0 Å². The summed E-state index contributed by atoms with van der Waals surface area (Å²) in [4.78, 5) is 20.2. The minimum Gasteiger partial charge on any atom is -0.485 e. The molecule has 1 saturated heterocycles. The van der Waals surface area contributed by atoms with Crippen LogP contribution in [-0.2, 0) is 16.1 Å². The van der Waals surface area contributed by atoms with Crippen LogP contribution in [0, 0.1) is 0 Å². The van der Waals surface area contributed by atoms with Gasteiger partial charge in [0.2, 0.25) is 12.7 Å². The zero-order chi connectivity index (χ0) is 26.4. The maximum atomic E-state index is 13.2. The molecule has 2 aliphatic rings. The molecule has 1 amide bonds. The average Bonchev–Trinajstić information content (AvgIpc) is 3.63. The summed E-state index contributed by atoms with van der Waals surface area (Å²) >= 11 is 0. The first-order valence-corrected chi connectivity index (χ1v) is 13.3. The lowest BCUT2D eigenvalue weighted by atomic mass is 9.92. The summed E-state index contributed by atoms with van der Waals surface area (Å²) in [5.74, 6) is 1.82. The number of rotatable bonds is 10. The summed E-state index contributed by atoms with van der Waals surface area (Å²) in [6, 6.07) is 19.8. The second-order valence-corrected chi connectivity index (χ2v) is 9.70. The Kier molecular flexibility index (Phi) is 7.60. The number of hydrogen-bond acceptors (Lipinski definition) is 7. The van der Waals surface area contributed by atoms with Gasteiger partial charge in [-0.15, -0.1) is 0 Å². The number of hydrogen-bond donors (Lipinski definition) is 1. The highest BCUT2D eigenvalue weighted by molar-refractivity contribution is 5.77. The van der Waals surface area contributed by atoms with Gasteiger partial charge in [-0.1, -0.05) is 36.4 Å². The van der Waals surface area contributed by atoms with E-state index in [1.165, 1.54) is 0 Å². The fourth-order valence-electron chi connectivity index (χ4n) is 5.07. The van der Waals surface area contributed by atoms with Gasteiger partial charge in [0.05, 0.1) is 18.9 Å². The van der Waals surface area contributed by atoms with Gasteiger partial charge in [-0.05, 0) is 35.4 Å². The molecule has 0 saturated carbocycles. The predicted molar refractivity (Wildman–Crippen MR) is 145 cm³/mol. The van der Waals surface area contributed by atoms with Gasteiger partial charge in [-0.3, -0.25) is 9.69 Å². The molecule has 0 bridgehead atoms. The predicted octanol–water partition coefficient (Wildman–Crippen LogP) is 3.61. The minimum atomic E-state index is -0.248. The van der Waals surface area contributed by atoms with Gasteiger partial charge in [0, 0.05) is 50.9 Å². The summed E-state index contributed by atoms with van der Waals surface area (Å²) in [5.41, 5.74) is 3.65. The molecule has 39 heavy (non-hydrogen) atoms. The topological polar surface area (TPSA) is 86.6 Å². The summed E-state index contributed by atoms with van der Waals surface area (Å²) in [7, 11) is 0. The molecular formula is C30H32N4O5. The quantitative estimate of drug-likeness (QED) is 0.337. The summed E-state index contributed by atoms with van der Waals surface area (Å²) in [5, 5.41) is 3.11. The molecule has 1 fully saturated rings. The SMILES string of the molecule is O=C(CC(c1ccc2c(c1)OCO2)c1cnc2c(OCc3ccccc3)cccn12)NCCN1CCOCC1. The van der Waals surface area contributed by atoms with Crippen molar-refractivity contribution in [3.8, 4) is 17.2 Å². The van der Waals surface area contributed by atoms with Gasteiger partial charge in [0.1, 0.15) is 6.61 Å². The van der Waals surface area contributed by atoms with Crippen molar-refractivity contribution in [3.63, 3.8) is 0 Å². The second kappa shape index (κ2) is 11.8.